The van der Waals surface area contributed by atoms with Crippen LogP contribution in [0.4, 0.5) is 17.1 Å². The zero-order valence-electron chi connectivity index (χ0n) is 33.2. The van der Waals surface area contributed by atoms with Gasteiger partial charge in [0.1, 0.15) is 0 Å². The third kappa shape index (κ3) is 4.21. The molecule has 2 heterocycles. The molecule has 2 aliphatic rings. The van der Waals surface area contributed by atoms with Crippen molar-refractivity contribution in [3.8, 4) is 33.4 Å². The maximum atomic E-state index is 2.54. The second-order valence-electron chi connectivity index (χ2n) is 16.8. The van der Waals surface area contributed by atoms with E-state index in [1.807, 2.05) is 0 Å². The van der Waals surface area contributed by atoms with Gasteiger partial charge in [0.05, 0.1) is 27.7 Å². The number of para-hydroxylation sites is 1. The van der Waals surface area contributed by atoms with Crippen LogP contribution in [-0.4, -0.2) is 4.40 Å². The van der Waals surface area contributed by atoms with Crippen LogP contribution in [0.5, 0.6) is 0 Å². The summed E-state index contributed by atoms with van der Waals surface area (Å²) in [7, 11) is 0. The van der Waals surface area contributed by atoms with Crippen LogP contribution < -0.4 is 4.90 Å². The first-order valence-electron chi connectivity index (χ1n) is 21.3. The van der Waals surface area contributed by atoms with E-state index < -0.39 is 5.41 Å². The van der Waals surface area contributed by atoms with Crippen LogP contribution in [0.25, 0.3) is 82.2 Å². The summed E-state index contributed by atoms with van der Waals surface area (Å²) < 4.78 is 2.51. The number of pyridine rings is 1. The third-order valence-corrected chi connectivity index (χ3v) is 13.9. The second-order valence-corrected chi connectivity index (χ2v) is 16.8. The van der Waals surface area contributed by atoms with Gasteiger partial charge in [0.15, 0.2) is 0 Å². The number of benzene rings is 10. The summed E-state index contributed by atoms with van der Waals surface area (Å²) in [5.41, 5.74) is 19.6. The van der Waals surface area contributed by atoms with E-state index in [4.69, 9.17) is 0 Å². The Kier molecular flexibility index (Phi) is 6.52. The molecule has 0 aliphatic heterocycles. The van der Waals surface area contributed by atoms with E-state index in [1.165, 1.54) is 110 Å². The fraction of sp³-hybridized carbons (Fsp3) is 0.0169. The summed E-state index contributed by atoms with van der Waals surface area (Å²) in [6.07, 6.45) is 0. The lowest BCUT2D eigenvalue weighted by atomic mass is 9.70. The van der Waals surface area contributed by atoms with Gasteiger partial charge in [-0.05, 0) is 103 Å². The molecule has 12 aromatic rings. The molecule has 14 rings (SSSR count). The average Bonchev–Trinajstić information content (AvgIpc) is 3.94. The van der Waals surface area contributed by atoms with Gasteiger partial charge in [-0.1, -0.05) is 176 Å². The van der Waals surface area contributed by atoms with Crippen molar-refractivity contribution >= 4 is 65.9 Å². The summed E-state index contributed by atoms with van der Waals surface area (Å²) in [6, 6.07) is 81.6. The van der Waals surface area contributed by atoms with E-state index in [1.54, 1.807) is 0 Å². The highest BCUT2D eigenvalue weighted by molar-refractivity contribution is 6.28. The molecule has 2 aliphatic carbocycles. The first-order chi connectivity index (χ1) is 30.3. The molecule has 61 heavy (non-hydrogen) atoms. The lowest BCUT2D eigenvalue weighted by Crippen LogP contribution is -2.28. The SMILES string of the molecule is c1ccc(-c2ccc(N(c3ccc4c(c3)c3ccc5cccc6c7ccccc7n4c3c56)c3cccc4c3C3(c5ccccc5-c5ccccc53)c3ccccc3-4)cc2)cc1. The van der Waals surface area contributed by atoms with Crippen molar-refractivity contribution in [2.24, 2.45) is 0 Å². The second kappa shape index (κ2) is 12.1. The molecule has 0 N–H and O–H groups in total. The maximum absolute atomic E-state index is 2.54. The molecule has 0 saturated heterocycles. The van der Waals surface area contributed by atoms with Crippen LogP contribution in [0.3, 0.4) is 0 Å². The Bertz CT molecular complexity index is 3680. The number of rotatable bonds is 4. The Hall–Kier alpha value is -7.94. The monoisotopic (exact) mass is 772 g/mol. The third-order valence-electron chi connectivity index (χ3n) is 13.9. The van der Waals surface area contributed by atoms with Crippen molar-refractivity contribution in [1.29, 1.82) is 0 Å². The molecule has 0 radical (unpaired) electrons. The highest BCUT2D eigenvalue weighted by Crippen LogP contribution is 2.65. The fourth-order valence-corrected chi connectivity index (χ4v) is 11.6. The molecule has 10 aromatic carbocycles. The Morgan fingerprint density at radius 2 is 0.934 bits per heavy atom. The zero-order valence-corrected chi connectivity index (χ0v) is 33.2. The predicted molar refractivity (Wildman–Crippen MR) is 255 cm³/mol. The van der Waals surface area contributed by atoms with Crippen LogP contribution in [0.15, 0.2) is 218 Å². The highest BCUT2D eigenvalue weighted by Gasteiger charge is 2.53. The molecule has 0 saturated carbocycles. The molecule has 0 bridgehead atoms. The Balaban J connectivity index is 1.09. The maximum Gasteiger partial charge on any atom is 0.0746 e. The van der Waals surface area contributed by atoms with E-state index in [9.17, 15) is 0 Å². The van der Waals surface area contributed by atoms with Gasteiger partial charge in [-0.25, -0.2) is 0 Å². The first-order valence-corrected chi connectivity index (χ1v) is 21.3. The number of nitrogens with zero attached hydrogens (tertiary/aromatic N) is 2. The lowest BCUT2D eigenvalue weighted by Gasteiger charge is -2.36. The van der Waals surface area contributed by atoms with Crippen LogP contribution in [0.1, 0.15) is 22.3 Å². The van der Waals surface area contributed by atoms with E-state index in [-0.39, 0.29) is 0 Å². The summed E-state index contributed by atoms with van der Waals surface area (Å²) in [5.74, 6) is 0. The number of hydrogen-bond donors (Lipinski definition) is 0. The summed E-state index contributed by atoms with van der Waals surface area (Å²) in [4.78, 5) is 2.54. The molecule has 282 valence electrons. The lowest BCUT2D eigenvalue weighted by molar-refractivity contribution is 0.793. The standard InChI is InChI=1S/C59H36N2/c1-2-14-37(15-3-1)38-28-31-40(32-29-38)60(41-33-35-54-49(36-41)48-34-30-39-16-12-21-46-45-20-7-11-26-53(45)61(54)58(48)56(39)46)55-27-13-22-47-44-19-6-10-25-52(44)59(57(47)55)50-23-8-4-17-42(50)43-18-5-9-24-51(43)59/h1-36H. The van der Waals surface area contributed by atoms with Gasteiger partial charge in [0, 0.05) is 38.5 Å². The number of hydrogen-bond acceptors (Lipinski definition) is 1. The molecule has 0 unspecified atom stereocenters. The van der Waals surface area contributed by atoms with Gasteiger partial charge < -0.3 is 9.30 Å². The molecular weight excluding hydrogens is 737 g/mol. The van der Waals surface area contributed by atoms with E-state index >= 15 is 0 Å². The Morgan fingerprint density at radius 1 is 0.361 bits per heavy atom. The molecule has 0 atom stereocenters. The van der Waals surface area contributed by atoms with Gasteiger partial charge in [-0.15, -0.1) is 0 Å². The molecule has 1 spiro atoms. The highest BCUT2D eigenvalue weighted by atomic mass is 15.1. The van der Waals surface area contributed by atoms with Gasteiger partial charge in [0.2, 0.25) is 0 Å². The van der Waals surface area contributed by atoms with Crippen LogP contribution in [0, 0.1) is 0 Å². The van der Waals surface area contributed by atoms with Crippen LogP contribution >= 0.6 is 0 Å². The predicted octanol–water partition coefficient (Wildman–Crippen LogP) is 15.5. The number of fused-ring (bicyclic) bond motifs is 16. The molecule has 2 heteroatoms. The van der Waals surface area contributed by atoms with Gasteiger partial charge in [-0.2, -0.15) is 0 Å². The van der Waals surface area contributed by atoms with Crippen LogP contribution in [-0.2, 0) is 5.41 Å². The molecule has 0 amide bonds. The Morgan fingerprint density at radius 3 is 1.69 bits per heavy atom. The first kappa shape index (κ1) is 33.0. The minimum absolute atomic E-state index is 0.504. The van der Waals surface area contributed by atoms with Crippen molar-refractivity contribution in [1.82, 2.24) is 4.40 Å². The topological polar surface area (TPSA) is 7.65 Å². The van der Waals surface area contributed by atoms with E-state index in [2.05, 4.69) is 228 Å². The van der Waals surface area contributed by atoms with Crippen LogP contribution in [0.2, 0.25) is 0 Å². The largest absolute Gasteiger partial charge is 0.310 e. The normalized spacial score (nSPS) is 13.4. The van der Waals surface area contributed by atoms with Gasteiger partial charge in [0.25, 0.3) is 0 Å². The number of anilines is 3. The average molecular weight is 773 g/mol. The molecular formula is C59H36N2. The van der Waals surface area contributed by atoms with Gasteiger partial charge >= 0.3 is 0 Å². The summed E-state index contributed by atoms with van der Waals surface area (Å²) >= 11 is 0. The van der Waals surface area contributed by atoms with E-state index in [0.29, 0.717) is 0 Å². The summed E-state index contributed by atoms with van der Waals surface area (Å²) in [6.45, 7) is 0. The minimum atomic E-state index is -0.504. The van der Waals surface area contributed by atoms with Gasteiger partial charge in [-0.3, -0.25) is 0 Å². The smallest absolute Gasteiger partial charge is 0.0746 e. The van der Waals surface area contributed by atoms with E-state index in [0.717, 1.165) is 11.4 Å². The fourth-order valence-electron chi connectivity index (χ4n) is 11.6. The molecule has 2 aromatic heterocycles. The molecule has 2 nitrogen and oxygen atoms in total. The van der Waals surface area contributed by atoms with Crippen molar-refractivity contribution in [2.75, 3.05) is 4.90 Å². The minimum Gasteiger partial charge on any atom is -0.310 e. The zero-order chi connectivity index (χ0) is 39.8. The summed E-state index contributed by atoms with van der Waals surface area (Å²) in [5, 5.41) is 7.68. The molecule has 0 fully saturated rings. The van der Waals surface area contributed by atoms with Crippen molar-refractivity contribution in [3.63, 3.8) is 0 Å². The Labute approximate surface area is 353 Å². The van der Waals surface area contributed by atoms with Crippen molar-refractivity contribution in [2.45, 2.75) is 5.41 Å². The van der Waals surface area contributed by atoms with Crippen molar-refractivity contribution in [3.05, 3.63) is 241 Å². The number of aromatic nitrogens is 1. The quantitative estimate of drug-likeness (QED) is 0.128. The van der Waals surface area contributed by atoms with Crippen molar-refractivity contribution < 1.29 is 0 Å².